The summed E-state index contributed by atoms with van der Waals surface area (Å²) >= 11 is 1.75. The molecule has 5 rings (SSSR count). The summed E-state index contributed by atoms with van der Waals surface area (Å²) in [6, 6.07) is 19.9. The van der Waals surface area contributed by atoms with Crippen LogP contribution in [0.2, 0.25) is 0 Å². The lowest BCUT2D eigenvalue weighted by Gasteiger charge is -2.34. The molecule has 6 heteroatoms. The monoisotopic (exact) mass is 388 g/mol. The van der Waals surface area contributed by atoms with Crippen LogP contribution in [0.1, 0.15) is 15.5 Å². The van der Waals surface area contributed by atoms with Crippen LogP contribution in [-0.2, 0) is 6.54 Å². The van der Waals surface area contributed by atoms with Crippen molar-refractivity contribution in [2.75, 3.05) is 26.2 Å². The number of piperazine rings is 1. The number of benzene rings is 2. The summed E-state index contributed by atoms with van der Waals surface area (Å²) in [4.78, 5) is 26.4. The standard InChI is InChI=1S/C22H20N4OS/c27-22(19-10-9-16-5-1-2-6-17(16)23-19)26-13-11-25(12-14-26)15-21-24-18-7-3-4-8-20(18)28-21/h1-10H,11-15H2. The zero-order chi connectivity index (χ0) is 18.9. The van der Waals surface area contributed by atoms with Gasteiger partial charge in [-0.05, 0) is 24.3 Å². The van der Waals surface area contributed by atoms with Gasteiger partial charge >= 0.3 is 0 Å². The van der Waals surface area contributed by atoms with E-state index < -0.39 is 0 Å². The van der Waals surface area contributed by atoms with Gasteiger partial charge in [0.1, 0.15) is 10.7 Å². The molecule has 0 unspecified atom stereocenters. The maximum atomic E-state index is 12.9. The lowest BCUT2D eigenvalue weighted by molar-refractivity contribution is 0.0623. The highest BCUT2D eigenvalue weighted by Crippen LogP contribution is 2.23. The average Bonchev–Trinajstić information content (AvgIpc) is 3.16. The Hall–Kier alpha value is -2.83. The number of nitrogens with zero attached hydrogens (tertiary/aromatic N) is 4. The molecule has 1 aliphatic heterocycles. The zero-order valence-electron chi connectivity index (χ0n) is 15.4. The molecule has 1 aliphatic rings. The molecule has 1 amide bonds. The Labute approximate surface area is 167 Å². The molecule has 0 atom stereocenters. The minimum absolute atomic E-state index is 0.0189. The Balaban J connectivity index is 1.24. The third-order valence-corrected chi connectivity index (χ3v) is 6.20. The molecule has 0 saturated carbocycles. The highest BCUT2D eigenvalue weighted by Gasteiger charge is 2.23. The van der Waals surface area contributed by atoms with E-state index in [0.29, 0.717) is 5.69 Å². The summed E-state index contributed by atoms with van der Waals surface area (Å²) in [7, 11) is 0. The molecule has 0 N–H and O–H groups in total. The lowest BCUT2D eigenvalue weighted by atomic mass is 10.2. The molecule has 3 heterocycles. The van der Waals surface area contributed by atoms with Gasteiger partial charge in [0.2, 0.25) is 0 Å². The molecule has 140 valence electrons. The number of hydrogen-bond donors (Lipinski definition) is 0. The normalized spacial score (nSPS) is 15.4. The Morgan fingerprint density at radius 1 is 0.857 bits per heavy atom. The van der Waals surface area contributed by atoms with Crippen molar-refractivity contribution in [1.29, 1.82) is 0 Å². The number of fused-ring (bicyclic) bond motifs is 2. The van der Waals surface area contributed by atoms with E-state index in [1.807, 2.05) is 47.4 Å². The van der Waals surface area contributed by atoms with Crippen LogP contribution in [0.3, 0.4) is 0 Å². The third kappa shape index (κ3) is 3.37. The second kappa shape index (κ2) is 7.30. The van der Waals surface area contributed by atoms with Gasteiger partial charge in [0.15, 0.2) is 0 Å². The van der Waals surface area contributed by atoms with Crippen molar-refractivity contribution in [1.82, 2.24) is 19.8 Å². The van der Waals surface area contributed by atoms with Crippen LogP contribution in [0.4, 0.5) is 0 Å². The Morgan fingerprint density at radius 3 is 2.43 bits per heavy atom. The van der Waals surface area contributed by atoms with Crippen LogP contribution < -0.4 is 0 Å². The summed E-state index contributed by atoms with van der Waals surface area (Å²) in [6.07, 6.45) is 0. The topological polar surface area (TPSA) is 49.3 Å². The first-order valence-electron chi connectivity index (χ1n) is 9.48. The minimum atomic E-state index is 0.0189. The molecule has 4 aromatic rings. The number of rotatable bonds is 3. The molecule has 0 aliphatic carbocycles. The minimum Gasteiger partial charge on any atom is -0.335 e. The number of hydrogen-bond acceptors (Lipinski definition) is 5. The summed E-state index contributed by atoms with van der Waals surface area (Å²) < 4.78 is 1.23. The highest BCUT2D eigenvalue weighted by atomic mass is 32.1. The van der Waals surface area contributed by atoms with Crippen molar-refractivity contribution in [2.24, 2.45) is 0 Å². The van der Waals surface area contributed by atoms with E-state index in [4.69, 9.17) is 4.98 Å². The third-order valence-electron chi connectivity index (χ3n) is 5.17. The van der Waals surface area contributed by atoms with E-state index in [0.717, 1.165) is 54.2 Å². The second-order valence-electron chi connectivity index (χ2n) is 7.03. The fourth-order valence-electron chi connectivity index (χ4n) is 3.64. The number of carbonyl (C=O) groups excluding carboxylic acids is 1. The Bertz CT molecular complexity index is 1110. The first-order valence-corrected chi connectivity index (χ1v) is 10.3. The number of carbonyl (C=O) groups is 1. The van der Waals surface area contributed by atoms with Gasteiger partial charge in [-0.25, -0.2) is 9.97 Å². The molecule has 1 saturated heterocycles. The number of thiazole rings is 1. The SMILES string of the molecule is O=C(c1ccc2ccccc2n1)N1CCN(Cc2nc3ccccc3s2)CC1. The molecule has 28 heavy (non-hydrogen) atoms. The van der Waals surface area contributed by atoms with E-state index in [-0.39, 0.29) is 5.91 Å². The Kier molecular flexibility index (Phi) is 4.50. The van der Waals surface area contributed by atoms with Crippen molar-refractivity contribution in [3.05, 3.63) is 71.4 Å². The van der Waals surface area contributed by atoms with Crippen LogP contribution in [0.5, 0.6) is 0 Å². The van der Waals surface area contributed by atoms with E-state index in [1.165, 1.54) is 4.70 Å². The molecule has 0 radical (unpaired) electrons. The van der Waals surface area contributed by atoms with Crippen LogP contribution >= 0.6 is 11.3 Å². The van der Waals surface area contributed by atoms with E-state index in [2.05, 4.69) is 28.1 Å². The lowest BCUT2D eigenvalue weighted by Crippen LogP contribution is -2.48. The summed E-state index contributed by atoms with van der Waals surface area (Å²) in [5.41, 5.74) is 2.46. The fraction of sp³-hybridized carbons (Fsp3) is 0.227. The van der Waals surface area contributed by atoms with Gasteiger partial charge in [0, 0.05) is 31.6 Å². The molecular weight excluding hydrogens is 368 g/mol. The fourth-order valence-corrected chi connectivity index (χ4v) is 4.64. The van der Waals surface area contributed by atoms with Crippen molar-refractivity contribution >= 4 is 38.4 Å². The quantitative estimate of drug-likeness (QED) is 0.536. The van der Waals surface area contributed by atoms with Gasteiger partial charge in [-0.3, -0.25) is 9.69 Å². The molecular formula is C22H20N4OS. The van der Waals surface area contributed by atoms with Gasteiger partial charge in [-0.2, -0.15) is 0 Å². The van der Waals surface area contributed by atoms with Crippen LogP contribution in [0.25, 0.3) is 21.1 Å². The first-order chi connectivity index (χ1) is 13.8. The molecule has 1 fully saturated rings. The maximum absolute atomic E-state index is 12.9. The van der Waals surface area contributed by atoms with Crippen molar-refractivity contribution in [3.63, 3.8) is 0 Å². The van der Waals surface area contributed by atoms with Crippen molar-refractivity contribution in [2.45, 2.75) is 6.54 Å². The van der Waals surface area contributed by atoms with E-state index >= 15 is 0 Å². The van der Waals surface area contributed by atoms with Gasteiger partial charge < -0.3 is 4.90 Å². The maximum Gasteiger partial charge on any atom is 0.272 e. The predicted octanol–water partition coefficient (Wildman–Crippen LogP) is 3.80. The van der Waals surface area contributed by atoms with Gasteiger partial charge in [-0.15, -0.1) is 11.3 Å². The zero-order valence-corrected chi connectivity index (χ0v) is 16.2. The first kappa shape index (κ1) is 17.3. The van der Waals surface area contributed by atoms with Gasteiger partial charge in [-0.1, -0.05) is 36.4 Å². The number of para-hydroxylation sites is 2. The number of amides is 1. The molecule has 2 aromatic carbocycles. The molecule has 0 bridgehead atoms. The predicted molar refractivity (Wildman–Crippen MR) is 113 cm³/mol. The van der Waals surface area contributed by atoms with Crippen molar-refractivity contribution in [3.8, 4) is 0 Å². The largest absolute Gasteiger partial charge is 0.335 e. The van der Waals surface area contributed by atoms with Crippen LogP contribution in [0, 0.1) is 0 Å². The van der Waals surface area contributed by atoms with Crippen LogP contribution in [-0.4, -0.2) is 51.9 Å². The van der Waals surface area contributed by atoms with Crippen LogP contribution in [0.15, 0.2) is 60.7 Å². The van der Waals surface area contributed by atoms with Gasteiger partial charge in [0.05, 0.1) is 22.3 Å². The van der Waals surface area contributed by atoms with Gasteiger partial charge in [0.25, 0.3) is 5.91 Å². The van der Waals surface area contributed by atoms with E-state index in [9.17, 15) is 4.79 Å². The Morgan fingerprint density at radius 2 is 1.61 bits per heavy atom. The molecule has 5 nitrogen and oxygen atoms in total. The second-order valence-corrected chi connectivity index (χ2v) is 8.15. The average molecular weight is 388 g/mol. The summed E-state index contributed by atoms with van der Waals surface area (Å²) in [6.45, 7) is 4.00. The molecule has 0 spiro atoms. The smallest absolute Gasteiger partial charge is 0.272 e. The summed E-state index contributed by atoms with van der Waals surface area (Å²) in [5.74, 6) is 0.0189. The number of pyridine rings is 1. The van der Waals surface area contributed by atoms with E-state index in [1.54, 1.807) is 11.3 Å². The summed E-state index contributed by atoms with van der Waals surface area (Å²) in [5, 5.41) is 2.19. The molecule has 2 aromatic heterocycles. The van der Waals surface area contributed by atoms with Crippen molar-refractivity contribution < 1.29 is 4.79 Å². The highest BCUT2D eigenvalue weighted by molar-refractivity contribution is 7.18. The number of aromatic nitrogens is 2.